The maximum Gasteiger partial charge on any atom is 0.415 e. The summed E-state index contributed by atoms with van der Waals surface area (Å²) in [4.78, 5) is 24.0. The molecule has 0 heterocycles. The van der Waals surface area contributed by atoms with Crippen LogP contribution in [0.5, 0.6) is 5.75 Å². The van der Waals surface area contributed by atoms with Gasteiger partial charge in [-0.1, -0.05) is 55.5 Å². The van der Waals surface area contributed by atoms with Gasteiger partial charge in [0.2, 0.25) is 0 Å². The zero-order valence-electron chi connectivity index (χ0n) is 19.4. The van der Waals surface area contributed by atoms with Crippen molar-refractivity contribution in [2.24, 2.45) is 0 Å². The van der Waals surface area contributed by atoms with Crippen molar-refractivity contribution >= 4 is 17.8 Å². The van der Waals surface area contributed by atoms with Crippen molar-refractivity contribution < 1.29 is 24.5 Å². The molecule has 1 unspecified atom stereocenters. The van der Waals surface area contributed by atoms with Crippen molar-refractivity contribution in [2.45, 2.75) is 32.7 Å². The molecule has 0 radical (unpaired) electrons. The first-order valence-corrected chi connectivity index (χ1v) is 11.3. The van der Waals surface area contributed by atoms with Gasteiger partial charge in [-0.25, -0.2) is 14.5 Å². The third-order valence-electron chi connectivity index (χ3n) is 5.54. The molecule has 0 saturated carbocycles. The Morgan fingerprint density at radius 1 is 0.912 bits per heavy atom. The summed E-state index contributed by atoms with van der Waals surface area (Å²) in [5.74, 6) is 0.643. The Morgan fingerprint density at radius 3 is 1.97 bits per heavy atom. The van der Waals surface area contributed by atoms with Crippen LogP contribution in [0.3, 0.4) is 0 Å². The van der Waals surface area contributed by atoms with Gasteiger partial charge in [0.1, 0.15) is 5.75 Å². The van der Waals surface area contributed by atoms with Crippen LogP contribution in [0.15, 0.2) is 72.8 Å². The van der Waals surface area contributed by atoms with Crippen molar-refractivity contribution in [1.82, 2.24) is 4.90 Å². The average molecular weight is 463 g/mol. The average Bonchev–Trinajstić information content (AvgIpc) is 2.85. The normalized spacial score (nSPS) is 11.5. The number of anilines is 1. The number of amides is 3. The van der Waals surface area contributed by atoms with E-state index in [0.29, 0.717) is 22.9 Å². The molecule has 0 saturated heterocycles. The number of rotatable bonds is 9. The Kier molecular flexibility index (Phi) is 8.65. The van der Waals surface area contributed by atoms with Crippen LogP contribution in [0.1, 0.15) is 25.0 Å². The first-order chi connectivity index (χ1) is 16.4. The van der Waals surface area contributed by atoms with E-state index in [1.54, 1.807) is 24.3 Å². The van der Waals surface area contributed by atoms with Gasteiger partial charge in [0.15, 0.2) is 0 Å². The van der Waals surface area contributed by atoms with E-state index in [9.17, 15) is 14.7 Å². The number of urea groups is 1. The van der Waals surface area contributed by atoms with Crippen LogP contribution < -0.4 is 10.1 Å². The molecule has 0 bridgehead atoms. The van der Waals surface area contributed by atoms with Gasteiger partial charge in [-0.3, -0.25) is 0 Å². The van der Waals surface area contributed by atoms with E-state index in [-0.39, 0.29) is 0 Å². The third kappa shape index (κ3) is 6.59. The van der Waals surface area contributed by atoms with Crippen molar-refractivity contribution in [3.8, 4) is 16.9 Å². The van der Waals surface area contributed by atoms with Gasteiger partial charge in [0.25, 0.3) is 0 Å². The molecule has 1 atom stereocenters. The summed E-state index contributed by atoms with van der Waals surface area (Å²) in [7, 11) is 0. The maximum atomic E-state index is 12.2. The molecule has 3 N–H and O–H groups in total. The molecule has 0 fully saturated rings. The molecule has 34 heavy (non-hydrogen) atoms. The van der Waals surface area contributed by atoms with E-state index in [2.05, 4.69) is 60.8 Å². The van der Waals surface area contributed by atoms with Crippen LogP contribution in [0.25, 0.3) is 11.1 Å². The van der Waals surface area contributed by atoms with Crippen LogP contribution in [0, 0.1) is 0 Å². The highest BCUT2D eigenvalue weighted by atomic mass is 16.5. The number of aliphatic hydroxyl groups excluding tert-OH is 1. The number of hydrogen-bond acceptors (Lipinski definition) is 4. The predicted octanol–water partition coefficient (Wildman–Crippen LogP) is 5.43. The van der Waals surface area contributed by atoms with Crippen molar-refractivity contribution in [1.29, 1.82) is 0 Å². The van der Waals surface area contributed by atoms with Crippen LogP contribution in [-0.4, -0.2) is 46.5 Å². The maximum absolute atomic E-state index is 12.2. The summed E-state index contributed by atoms with van der Waals surface area (Å²) in [6, 6.07) is 22.1. The van der Waals surface area contributed by atoms with Gasteiger partial charge in [-0.05, 0) is 59.9 Å². The molecule has 3 amide bonds. The fraction of sp³-hybridized carbons (Fsp3) is 0.259. The van der Waals surface area contributed by atoms with Crippen molar-refractivity contribution in [3.63, 3.8) is 0 Å². The number of carboxylic acid groups (broad SMARTS) is 1. The summed E-state index contributed by atoms with van der Waals surface area (Å²) >= 11 is 0. The number of nitrogens with zero attached hydrogens (tertiary/aromatic N) is 1. The second kappa shape index (κ2) is 11.9. The third-order valence-corrected chi connectivity index (χ3v) is 5.54. The van der Waals surface area contributed by atoms with E-state index in [0.717, 1.165) is 12.8 Å². The molecule has 0 aliphatic carbocycles. The Balaban J connectivity index is 1.49. The van der Waals surface area contributed by atoms with Gasteiger partial charge < -0.3 is 20.3 Å². The first kappa shape index (κ1) is 24.8. The quantitative estimate of drug-likeness (QED) is 0.394. The van der Waals surface area contributed by atoms with Gasteiger partial charge in [-0.15, -0.1) is 0 Å². The van der Waals surface area contributed by atoms with E-state index in [1.165, 1.54) is 29.2 Å². The molecule has 3 aromatic carbocycles. The molecular weight excluding hydrogens is 432 g/mol. The Labute approximate surface area is 199 Å². The number of benzene rings is 3. The molecule has 0 aliphatic heterocycles. The Hall–Kier alpha value is -3.84. The van der Waals surface area contributed by atoms with E-state index < -0.39 is 24.8 Å². The van der Waals surface area contributed by atoms with Gasteiger partial charge in [0, 0.05) is 12.1 Å². The second-order valence-electron chi connectivity index (χ2n) is 7.98. The van der Waals surface area contributed by atoms with Crippen LogP contribution in [0.2, 0.25) is 0 Å². The highest BCUT2D eigenvalue weighted by Gasteiger charge is 2.26. The molecule has 0 aliphatic rings. The minimum absolute atomic E-state index is 0.427. The fourth-order valence-electron chi connectivity index (χ4n) is 3.46. The summed E-state index contributed by atoms with van der Waals surface area (Å²) in [6.45, 7) is 3.63. The van der Waals surface area contributed by atoms with Crippen molar-refractivity contribution in [3.05, 3.63) is 83.9 Å². The fourth-order valence-corrected chi connectivity index (χ4v) is 3.46. The molecule has 3 aromatic rings. The summed E-state index contributed by atoms with van der Waals surface area (Å²) in [5.41, 5.74) is 5.30. The van der Waals surface area contributed by atoms with E-state index >= 15 is 0 Å². The zero-order valence-corrected chi connectivity index (χ0v) is 19.4. The molecule has 0 aromatic heterocycles. The number of ether oxygens (including phenoxy) is 1. The lowest BCUT2D eigenvalue weighted by Crippen LogP contribution is -2.46. The summed E-state index contributed by atoms with van der Waals surface area (Å²) in [6.07, 6.45) is 0.352. The predicted molar refractivity (Wildman–Crippen MR) is 132 cm³/mol. The number of aryl methyl sites for hydroxylation is 1. The highest BCUT2D eigenvalue weighted by Crippen LogP contribution is 2.21. The van der Waals surface area contributed by atoms with Crippen LogP contribution >= 0.6 is 0 Å². The lowest BCUT2D eigenvalue weighted by molar-refractivity contribution is 0.120. The zero-order chi connectivity index (χ0) is 24.5. The lowest BCUT2D eigenvalue weighted by Gasteiger charge is -2.23. The number of hydrogen-bond donors (Lipinski definition) is 3. The Bertz CT molecular complexity index is 1080. The largest absolute Gasteiger partial charge is 0.493 e. The smallest absolute Gasteiger partial charge is 0.415 e. The Morgan fingerprint density at radius 2 is 1.47 bits per heavy atom. The molecule has 178 valence electrons. The SMILES string of the molecule is CCc1ccc(-c2ccc(CCOc3ccc(NC(=O)N(C(=O)O)C(C)CO)cc3)cc2)cc1. The number of carbonyl (C=O) groups excluding carboxylic acids is 1. The molecular formula is C27H30N2O5. The first-order valence-electron chi connectivity index (χ1n) is 11.3. The number of imide groups is 1. The summed E-state index contributed by atoms with van der Waals surface area (Å²) in [5, 5.41) is 20.8. The van der Waals surface area contributed by atoms with Crippen molar-refractivity contribution in [2.75, 3.05) is 18.5 Å². The second-order valence-corrected chi connectivity index (χ2v) is 7.98. The monoisotopic (exact) mass is 462 g/mol. The molecule has 7 nitrogen and oxygen atoms in total. The number of carbonyl (C=O) groups is 2. The van der Waals surface area contributed by atoms with Gasteiger partial charge in [0.05, 0.1) is 19.3 Å². The highest BCUT2D eigenvalue weighted by molar-refractivity contribution is 5.98. The van der Waals surface area contributed by atoms with Gasteiger partial charge >= 0.3 is 12.1 Å². The minimum Gasteiger partial charge on any atom is -0.493 e. The lowest BCUT2D eigenvalue weighted by atomic mass is 10.0. The number of nitrogens with one attached hydrogen (secondary N) is 1. The van der Waals surface area contributed by atoms with E-state index in [4.69, 9.17) is 9.84 Å². The van der Waals surface area contributed by atoms with Crippen LogP contribution in [0.4, 0.5) is 15.3 Å². The topological polar surface area (TPSA) is 99.1 Å². The molecule has 3 rings (SSSR count). The number of aliphatic hydroxyl groups is 1. The van der Waals surface area contributed by atoms with E-state index in [1.807, 2.05) is 0 Å². The molecule has 0 spiro atoms. The standard InChI is InChI=1S/C27H30N2O5/c1-3-20-4-8-22(9-5-20)23-10-6-21(7-11-23)16-17-34-25-14-12-24(13-15-25)28-26(31)29(27(32)33)19(2)18-30/h4-15,19,30H,3,16-18H2,1-2H3,(H,28,31)(H,32,33). The molecule has 7 heteroatoms. The van der Waals surface area contributed by atoms with Gasteiger partial charge in [-0.2, -0.15) is 0 Å². The minimum atomic E-state index is -1.43. The summed E-state index contributed by atoms with van der Waals surface area (Å²) < 4.78 is 5.80. The van der Waals surface area contributed by atoms with Crippen LogP contribution in [-0.2, 0) is 12.8 Å².